The Kier molecular flexibility index (Phi) is 3.60. The number of carbonyl (C=O) groups excluding carboxylic acids is 1. The van der Waals surface area contributed by atoms with Crippen LogP contribution in [0, 0.1) is 5.92 Å². The SMILES string of the molecule is CCC(=O)c1ccc(OCC2CCC2)cc1. The first-order chi connectivity index (χ1) is 7.79. The van der Waals surface area contributed by atoms with Gasteiger partial charge in [0.05, 0.1) is 6.61 Å². The van der Waals surface area contributed by atoms with Crippen molar-refractivity contribution >= 4 is 5.78 Å². The summed E-state index contributed by atoms with van der Waals surface area (Å²) in [5.74, 6) is 1.81. The van der Waals surface area contributed by atoms with Gasteiger partial charge in [-0.25, -0.2) is 0 Å². The highest BCUT2D eigenvalue weighted by Gasteiger charge is 2.17. The van der Waals surface area contributed by atoms with Crippen molar-refractivity contribution in [2.75, 3.05) is 6.61 Å². The van der Waals surface area contributed by atoms with Crippen LogP contribution in [0.1, 0.15) is 43.0 Å². The Morgan fingerprint density at radius 2 is 2.00 bits per heavy atom. The fraction of sp³-hybridized carbons (Fsp3) is 0.500. The van der Waals surface area contributed by atoms with E-state index in [-0.39, 0.29) is 5.78 Å². The minimum Gasteiger partial charge on any atom is -0.493 e. The van der Waals surface area contributed by atoms with Gasteiger partial charge in [-0.05, 0) is 43.0 Å². The zero-order valence-corrected chi connectivity index (χ0v) is 9.74. The molecule has 2 nitrogen and oxygen atoms in total. The van der Waals surface area contributed by atoms with Crippen molar-refractivity contribution in [3.63, 3.8) is 0 Å². The monoisotopic (exact) mass is 218 g/mol. The van der Waals surface area contributed by atoms with Crippen LogP contribution in [0.15, 0.2) is 24.3 Å². The Labute approximate surface area is 96.6 Å². The first-order valence-electron chi connectivity index (χ1n) is 6.05. The van der Waals surface area contributed by atoms with Gasteiger partial charge in [0.1, 0.15) is 5.75 Å². The lowest BCUT2D eigenvalue weighted by atomic mass is 9.86. The van der Waals surface area contributed by atoms with Gasteiger partial charge in [0, 0.05) is 12.0 Å². The predicted molar refractivity (Wildman–Crippen MR) is 63.9 cm³/mol. The second-order valence-corrected chi connectivity index (χ2v) is 4.41. The third-order valence-corrected chi connectivity index (χ3v) is 3.21. The van der Waals surface area contributed by atoms with Crippen molar-refractivity contribution in [3.05, 3.63) is 29.8 Å². The summed E-state index contributed by atoms with van der Waals surface area (Å²) in [7, 11) is 0. The van der Waals surface area contributed by atoms with Crippen LogP contribution < -0.4 is 4.74 Å². The van der Waals surface area contributed by atoms with E-state index in [9.17, 15) is 4.79 Å². The summed E-state index contributed by atoms with van der Waals surface area (Å²) in [5.41, 5.74) is 0.776. The van der Waals surface area contributed by atoms with E-state index < -0.39 is 0 Å². The number of hydrogen-bond donors (Lipinski definition) is 0. The maximum atomic E-state index is 11.4. The lowest BCUT2D eigenvalue weighted by Crippen LogP contribution is -2.19. The van der Waals surface area contributed by atoms with E-state index in [1.165, 1.54) is 19.3 Å². The van der Waals surface area contributed by atoms with E-state index in [4.69, 9.17) is 4.74 Å². The van der Waals surface area contributed by atoms with E-state index in [2.05, 4.69) is 0 Å². The van der Waals surface area contributed by atoms with Gasteiger partial charge in [0.25, 0.3) is 0 Å². The van der Waals surface area contributed by atoms with Gasteiger partial charge >= 0.3 is 0 Å². The van der Waals surface area contributed by atoms with E-state index in [0.717, 1.165) is 23.8 Å². The smallest absolute Gasteiger partial charge is 0.162 e. The van der Waals surface area contributed by atoms with Crippen LogP contribution in [0.5, 0.6) is 5.75 Å². The molecule has 1 aliphatic rings. The van der Waals surface area contributed by atoms with Crippen molar-refractivity contribution in [2.45, 2.75) is 32.6 Å². The molecule has 0 N–H and O–H groups in total. The van der Waals surface area contributed by atoms with Gasteiger partial charge in [0.2, 0.25) is 0 Å². The van der Waals surface area contributed by atoms with Crippen LogP contribution in [-0.4, -0.2) is 12.4 Å². The maximum Gasteiger partial charge on any atom is 0.162 e. The second kappa shape index (κ2) is 5.15. The fourth-order valence-corrected chi connectivity index (χ4v) is 1.81. The molecule has 1 aliphatic carbocycles. The molecule has 1 aromatic carbocycles. The minimum atomic E-state index is 0.186. The molecule has 2 heteroatoms. The molecule has 86 valence electrons. The van der Waals surface area contributed by atoms with Crippen LogP contribution >= 0.6 is 0 Å². The molecule has 0 aliphatic heterocycles. The molecule has 16 heavy (non-hydrogen) atoms. The summed E-state index contributed by atoms with van der Waals surface area (Å²) in [5, 5.41) is 0. The summed E-state index contributed by atoms with van der Waals surface area (Å²) in [4.78, 5) is 11.4. The minimum absolute atomic E-state index is 0.186. The van der Waals surface area contributed by atoms with E-state index in [1.807, 2.05) is 31.2 Å². The standard InChI is InChI=1S/C14H18O2/c1-2-14(15)12-6-8-13(9-7-12)16-10-11-4-3-5-11/h6-9,11H,2-5,10H2,1H3. The Morgan fingerprint density at radius 1 is 1.31 bits per heavy atom. The molecule has 0 amide bonds. The van der Waals surface area contributed by atoms with Gasteiger partial charge in [-0.2, -0.15) is 0 Å². The van der Waals surface area contributed by atoms with Crippen molar-refractivity contribution in [1.29, 1.82) is 0 Å². The number of Topliss-reactive ketones (excluding diaryl/α,β-unsaturated/α-hetero) is 1. The highest BCUT2D eigenvalue weighted by molar-refractivity contribution is 5.95. The molecule has 0 heterocycles. The van der Waals surface area contributed by atoms with Gasteiger partial charge < -0.3 is 4.74 Å². The number of ketones is 1. The van der Waals surface area contributed by atoms with Gasteiger partial charge in [-0.3, -0.25) is 4.79 Å². The van der Waals surface area contributed by atoms with Crippen LogP contribution in [-0.2, 0) is 0 Å². The van der Waals surface area contributed by atoms with Gasteiger partial charge in [0.15, 0.2) is 5.78 Å². The number of ether oxygens (including phenoxy) is 1. The molecule has 0 unspecified atom stereocenters. The topological polar surface area (TPSA) is 26.3 Å². The number of hydrogen-bond acceptors (Lipinski definition) is 2. The first-order valence-corrected chi connectivity index (χ1v) is 6.05. The number of rotatable bonds is 5. The summed E-state index contributed by atoms with van der Waals surface area (Å²) in [6.07, 6.45) is 4.50. The molecule has 1 saturated carbocycles. The molecule has 0 spiro atoms. The first kappa shape index (κ1) is 11.2. The number of carbonyl (C=O) groups is 1. The zero-order chi connectivity index (χ0) is 11.4. The normalized spacial score (nSPS) is 15.6. The Balaban J connectivity index is 1.88. The van der Waals surface area contributed by atoms with Crippen LogP contribution in [0.3, 0.4) is 0 Å². The van der Waals surface area contributed by atoms with Crippen molar-refractivity contribution in [1.82, 2.24) is 0 Å². The molecule has 2 rings (SSSR count). The highest BCUT2D eigenvalue weighted by Crippen LogP contribution is 2.27. The molecular formula is C14H18O2. The predicted octanol–water partition coefficient (Wildman–Crippen LogP) is 3.46. The third kappa shape index (κ3) is 2.63. The van der Waals surface area contributed by atoms with Crippen LogP contribution in [0.4, 0.5) is 0 Å². The van der Waals surface area contributed by atoms with E-state index in [1.54, 1.807) is 0 Å². The van der Waals surface area contributed by atoms with Crippen molar-refractivity contribution in [3.8, 4) is 5.75 Å². The fourth-order valence-electron chi connectivity index (χ4n) is 1.81. The molecule has 1 fully saturated rings. The number of benzene rings is 1. The molecular weight excluding hydrogens is 200 g/mol. The van der Waals surface area contributed by atoms with Crippen LogP contribution in [0.2, 0.25) is 0 Å². The van der Waals surface area contributed by atoms with Crippen molar-refractivity contribution in [2.24, 2.45) is 5.92 Å². The average Bonchev–Trinajstić information content (AvgIpc) is 2.27. The summed E-state index contributed by atoms with van der Waals surface area (Å²) < 4.78 is 5.67. The molecule has 1 aromatic rings. The summed E-state index contributed by atoms with van der Waals surface area (Å²) >= 11 is 0. The quantitative estimate of drug-likeness (QED) is 0.707. The third-order valence-electron chi connectivity index (χ3n) is 3.21. The Morgan fingerprint density at radius 3 is 2.50 bits per heavy atom. The largest absolute Gasteiger partial charge is 0.493 e. The molecule has 0 atom stereocenters. The van der Waals surface area contributed by atoms with Gasteiger partial charge in [-0.1, -0.05) is 13.3 Å². The summed E-state index contributed by atoms with van der Waals surface area (Å²) in [6.45, 7) is 2.70. The van der Waals surface area contributed by atoms with Gasteiger partial charge in [-0.15, -0.1) is 0 Å². The molecule has 0 bridgehead atoms. The second-order valence-electron chi connectivity index (χ2n) is 4.41. The van der Waals surface area contributed by atoms with Crippen molar-refractivity contribution < 1.29 is 9.53 Å². The molecule has 0 aromatic heterocycles. The zero-order valence-electron chi connectivity index (χ0n) is 9.74. The average molecular weight is 218 g/mol. The summed E-state index contributed by atoms with van der Waals surface area (Å²) in [6, 6.07) is 7.48. The van der Waals surface area contributed by atoms with E-state index in [0.29, 0.717) is 6.42 Å². The lowest BCUT2D eigenvalue weighted by Gasteiger charge is -2.25. The Hall–Kier alpha value is -1.31. The maximum absolute atomic E-state index is 11.4. The van der Waals surface area contributed by atoms with E-state index >= 15 is 0 Å². The molecule has 0 radical (unpaired) electrons. The highest BCUT2D eigenvalue weighted by atomic mass is 16.5. The molecule has 0 saturated heterocycles. The lowest BCUT2D eigenvalue weighted by molar-refractivity contribution is 0.0988. The Bertz CT molecular complexity index is 350. The van der Waals surface area contributed by atoms with Crippen LogP contribution in [0.25, 0.3) is 0 Å².